The van der Waals surface area contributed by atoms with E-state index in [-0.39, 0.29) is 17.8 Å². The number of aryl methyl sites for hydroxylation is 4. The van der Waals surface area contributed by atoms with Crippen LogP contribution in [0.15, 0.2) is 40.1 Å². The highest BCUT2D eigenvalue weighted by atomic mass is 16.5. The Bertz CT molecular complexity index is 1390. The first kappa shape index (κ1) is 22.5. The van der Waals surface area contributed by atoms with Crippen LogP contribution < -0.4 is 26.4 Å². The van der Waals surface area contributed by atoms with Gasteiger partial charge in [-0.1, -0.05) is 17.7 Å². The van der Waals surface area contributed by atoms with Crippen LogP contribution in [0.1, 0.15) is 41.1 Å². The highest BCUT2D eigenvalue weighted by Gasteiger charge is 2.31. The van der Waals surface area contributed by atoms with Crippen molar-refractivity contribution >= 4 is 5.69 Å². The topological polar surface area (TPSA) is 83.8 Å². The first-order chi connectivity index (χ1) is 16.3. The molecule has 0 saturated heterocycles. The number of hydrogen-bond donors (Lipinski definition) is 1. The third kappa shape index (κ3) is 3.64. The first-order valence-corrected chi connectivity index (χ1v) is 11.8. The van der Waals surface area contributed by atoms with E-state index in [0.29, 0.717) is 23.5 Å². The molecule has 0 bridgehead atoms. The van der Waals surface area contributed by atoms with Crippen LogP contribution in [0.2, 0.25) is 0 Å². The summed E-state index contributed by atoms with van der Waals surface area (Å²) >= 11 is 0. The fourth-order valence-corrected chi connectivity index (χ4v) is 5.37. The van der Waals surface area contributed by atoms with Crippen LogP contribution in [-0.2, 0) is 13.0 Å². The van der Waals surface area contributed by atoms with E-state index in [1.54, 1.807) is 14.2 Å². The molecule has 2 N–H and O–H groups in total. The predicted molar refractivity (Wildman–Crippen MR) is 133 cm³/mol. The van der Waals surface area contributed by atoms with Gasteiger partial charge in [-0.3, -0.25) is 9.13 Å². The molecule has 1 aliphatic heterocycles. The zero-order chi connectivity index (χ0) is 24.1. The van der Waals surface area contributed by atoms with Crippen molar-refractivity contribution < 1.29 is 9.47 Å². The molecule has 1 fully saturated rings. The van der Waals surface area contributed by atoms with Gasteiger partial charge in [0.25, 0.3) is 0 Å². The van der Waals surface area contributed by atoms with Gasteiger partial charge < -0.3 is 15.2 Å². The Morgan fingerprint density at radius 3 is 2.24 bits per heavy atom. The Hall–Kier alpha value is -3.32. The molecular formula is C27H32N4O3. The number of nitrogens with zero attached hydrogens (tertiary/aromatic N) is 3. The lowest BCUT2D eigenvalue weighted by Gasteiger charge is -2.35. The zero-order valence-corrected chi connectivity index (χ0v) is 20.5. The minimum atomic E-state index is -0.0315. The third-order valence-corrected chi connectivity index (χ3v) is 7.11. The van der Waals surface area contributed by atoms with Gasteiger partial charge in [0.15, 0.2) is 11.5 Å². The zero-order valence-electron chi connectivity index (χ0n) is 20.5. The molecule has 3 aromatic rings. The van der Waals surface area contributed by atoms with E-state index in [4.69, 9.17) is 20.2 Å². The summed E-state index contributed by atoms with van der Waals surface area (Å²) in [7, 11) is 3.27. The molecule has 34 heavy (non-hydrogen) atoms. The van der Waals surface area contributed by atoms with Crippen LogP contribution in [0.4, 0.5) is 5.69 Å². The molecule has 178 valence electrons. The van der Waals surface area contributed by atoms with Gasteiger partial charge in [0.1, 0.15) is 5.49 Å². The van der Waals surface area contributed by atoms with Crippen molar-refractivity contribution in [2.75, 3.05) is 14.2 Å². The SMILES string of the molecule is COc1cc2c(cc1OC)-c1c/c(=N\c3c(C)cc(C)cc3C)n(C3CC(N)C3)c(=O)n1CC2. The van der Waals surface area contributed by atoms with Crippen LogP contribution in [0.3, 0.4) is 0 Å². The van der Waals surface area contributed by atoms with Crippen molar-refractivity contribution in [3.05, 3.63) is 68.6 Å². The number of nitrogens with two attached hydrogens (primary N) is 1. The normalized spacial score (nSPS) is 19.3. The monoisotopic (exact) mass is 460 g/mol. The lowest BCUT2D eigenvalue weighted by Crippen LogP contribution is -2.50. The molecule has 1 aromatic heterocycles. The average molecular weight is 461 g/mol. The second-order valence-electron chi connectivity index (χ2n) is 9.55. The molecule has 0 atom stereocenters. The summed E-state index contributed by atoms with van der Waals surface area (Å²) in [6, 6.07) is 10.5. The van der Waals surface area contributed by atoms with Crippen LogP contribution in [-0.4, -0.2) is 29.4 Å². The Balaban J connectivity index is 1.79. The lowest BCUT2D eigenvalue weighted by atomic mass is 9.87. The lowest BCUT2D eigenvalue weighted by molar-refractivity contribution is 0.247. The number of hydrogen-bond acceptors (Lipinski definition) is 5. The summed E-state index contributed by atoms with van der Waals surface area (Å²) in [5, 5.41) is 0. The van der Waals surface area contributed by atoms with Gasteiger partial charge in [-0.15, -0.1) is 0 Å². The first-order valence-electron chi connectivity index (χ1n) is 11.8. The van der Waals surface area contributed by atoms with E-state index in [0.717, 1.165) is 52.9 Å². The van der Waals surface area contributed by atoms with Crippen LogP contribution in [0.25, 0.3) is 11.3 Å². The van der Waals surface area contributed by atoms with E-state index in [9.17, 15) is 4.79 Å². The Morgan fingerprint density at radius 2 is 1.62 bits per heavy atom. The Morgan fingerprint density at radius 1 is 0.971 bits per heavy atom. The van der Waals surface area contributed by atoms with Gasteiger partial charge in [-0.2, -0.15) is 0 Å². The van der Waals surface area contributed by atoms with Crippen LogP contribution >= 0.6 is 0 Å². The Labute approximate surface area is 199 Å². The molecule has 5 rings (SSSR count). The van der Waals surface area contributed by atoms with Crippen molar-refractivity contribution in [2.45, 2.75) is 58.7 Å². The fourth-order valence-electron chi connectivity index (χ4n) is 5.37. The molecule has 7 heteroatoms. The van der Waals surface area contributed by atoms with Gasteiger partial charge in [-0.05, 0) is 68.9 Å². The molecular weight excluding hydrogens is 428 g/mol. The highest BCUT2D eigenvalue weighted by Crippen LogP contribution is 2.38. The van der Waals surface area contributed by atoms with Crippen molar-refractivity contribution in [3.63, 3.8) is 0 Å². The fraction of sp³-hybridized carbons (Fsp3) is 0.407. The standard InChI is InChI=1S/C27H32N4O3/c1-15-8-16(2)26(17(3)9-15)29-25-14-22-21-13-24(34-5)23(33-4)10-18(21)6-7-30(22)27(32)31(25)20-11-19(28)12-20/h8-10,13-14,19-20H,6-7,11-12,28H2,1-5H3/b29-25+. The molecule has 0 radical (unpaired) electrons. The number of methoxy groups -OCH3 is 2. The molecule has 1 aliphatic carbocycles. The minimum absolute atomic E-state index is 0.0315. The van der Waals surface area contributed by atoms with Crippen molar-refractivity contribution in [1.29, 1.82) is 0 Å². The predicted octanol–water partition coefficient (Wildman–Crippen LogP) is 3.71. The molecule has 7 nitrogen and oxygen atoms in total. The van der Waals surface area contributed by atoms with Gasteiger partial charge in [0.05, 0.1) is 25.6 Å². The van der Waals surface area contributed by atoms with Crippen molar-refractivity contribution in [1.82, 2.24) is 9.13 Å². The number of ether oxygens (including phenoxy) is 2. The minimum Gasteiger partial charge on any atom is -0.493 e. The van der Waals surface area contributed by atoms with Crippen LogP contribution in [0, 0.1) is 20.8 Å². The number of aromatic nitrogens is 2. The van der Waals surface area contributed by atoms with Gasteiger partial charge in [0.2, 0.25) is 0 Å². The highest BCUT2D eigenvalue weighted by molar-refractivity contribution is 5.70. The molecule has 2 heterocycles. The second-order valence-corrected chi connectivity index (χ2v) is 9.55. The van der Waals surface area contributed by atoms with E-state index in [2.05, 4.69) is 32.9 Å². The number of rotatable bonds is 4. The van der Waals surface area contributed by atoms with Crippen molar-refractivity contribution in [2.24, 2.45) is 10.7 Å². The summed E-state index contributed by atoms with van der Waals surface area (Å²) < 4.78 is 14.8. The summed E-state index contributed by atoms with van der Waals surface area (Å²) in [4.78, 5) is 18.9. The van der Waals surface area contributed by atoms with Gasteiger partial charge >= 0.3 is 5.69 Å². The van der Waals surface area contributed by atoms with E-state index in [1.807, 2.05) is 27.3 Å². The largest absolute Gasteiger partial charge is 0.493 e. The number of fused-ring (bicyclic) bond motifs is 3. The summed E-state index contributed by atoms with van der Waals surface area (Å²) in [5.74, 6) is 1.34. The maximum atomic E-state index is 13.8. The second kappa shape index (κ2) is 8.47. The maximum absolute atomic E-state index is 13.8. The van der Waals surface area contributed by atoms with Gasteiger partial charge in [-0.25, -0.2) is 9.79 Å². The summed E-state index contributed by atoms with van der Waals surface area (Å²) in [6.45, 7) is 6.84. The van der Waals surface area contributed by atoms with Crippen LogP contribution in [0.5, 0.6) is 11.5 Å². The smallest absolute Gasteiger partial charge is 0.330 e. The molecule has 0 amide bonds. The molecule has 0 unspecified atom stereocenters. The Kier molecular flexibility index (Phi) is 5.60. The summed E-state index contributed by atoms with van der Waals surface area (Å²) in [6.07, 6.45) is 2.32. The van der Waals surface area contributed by atoms with E-state index in [1.165, 1.54) is 5.56 Å². The molecule has 2 aromatic carbocycles. The van der Waals surface area contributed by atoms with Crippen molar-refractivity contribution in [3.8, 4) is 22.8 Å². The third-order valence-electron chi connectivity index (χ3n) is 7.11. The molecule has 1 saturated carbocycles. The van der Waals surface area contributed by atoms with E-state index < -0.39 is 0 Å². The molecule has 0 spiro atoms. The maximum Gasteiger partial charge on any atom is 0.330 e. The summed E-state index contributed by atoms with van der Waals surface area (Å²) in [5.41, 5.74) is 14.0. The number of benzene rings is 2. The van der Waals surface area contributed by atoms with E-state index >= 15 is 0 Å². The quantitative estimate of drug-likeness (QED) is 0.643. The average Bonchev–Trinajstić information content (AvgIpc) is 2.78. The van der Waals surface area contributed by atoms with Gasteiger partial charge in [0, 0.05) is 30.3 Å². The molecule has 2 aliphatic rings.